The molecule has 4 N–H and O–H groups in total. The highest BCUT2D eigenvalue weighted by molar-refractivity contribution is 6.37. The molecule has 2 aromatic carbocycles. The van der Waals surface area contributed by atoms with E-state index in [1.54, 1.807) is 12.1 Å². The predicted molar refractivity (Wildman–Crippen MR) is 95.7 cm³/mol. The molecule has 136 valence electrons. The summed E-state index contributed by atoms with van der Waals surface area (Å²) in [6, 6.07) is 6.90. The lowest BCUT2D eigenvalue weighted by Gasteiger charge is -2.13. The van der Waals surface area contributed by atoms with Gasteiger partial charge >= 0.3 is 0 Å². The van der Waals surface area contributed by atoms with Gasteiger partial charge in [0.1, 0.15) is 0 Å². The quantitative estimate of drug-likeness (QED) is 0.583. The van der Waals surface area contributed by atoms with Gasteiger partial charge in [-0.15, -0.1) is 0 Å². The lowest BCUT2D eigenvalue weighted by Crippen LogP contribution is -2.41. The Bertz CT molecular complexity index is 892. The maximum absolute atomic E-state index is 13.3. The Kier molecular flexibility index (Phi) is 5.31. The molecule has 2 amide bonds. The van der Waals surface area contributed by atoms with Crippen LogP contribution in [0.2, 0.25) is 10.0 Å². The lowest BCUT2D eigenvalue weighted by atomic mass is 10.0. The molecule has 0 spiro atoms. The van der Waals surface area contributed by atoms with E-state index in [-0.39, 0.29) is 18.9 Å². The molecule has 3 rings (SSSR count). The van der Waals surface area contributed by atoms with Crippen molar-refractivity contribution in [3.8, 4) is 5.75 Å². The van der Waals surface area contributed by atoms with Crippen molar-refractivity contribution >= 4 is 40.7 Å². The van der Waals surface area contributed by atoms with E-state index in [1.807, 2.05) is 0 Å². The number of carbonyl (C=O) groups is 2. The van der Waals surface area contributed by atoms with Crippen molar-refractivity contribution in [2.45, 2.75) is 12.3 Å². The number of aromatic hydroxyl groups is 1. The molecular formula is C17H14Cl2FN3O3. The second-order valence-corrected chi connectivity index (χ2v) is 6.57. The average Bonchev–Trinajstić information content (AvgIpc) is 2.92. The summed E-state index contributed by atoms with van der Waals surface area (Å²) in [6.45, 7) is 0.106. The van der Waals surface area contributed by atoms with Crippen LogP contribution in [0.25, 0.3) is 0 Å². The Morgan fingerprint density at radius 1 is 1.23 bits per heavy atom. The Morgan fingerprint density at radius 3 is 2.69 bits per heavy atom. The van der Waals surface area contributed by atoms with E-state index >= 15 is 0 Å². The van der Waals surface area contributed by atoms with Crippen LogP contribution >= 0.6 is 23.2 Å². The predicted octanol–water partition coefficient (Wildman–Crippen LogP) is 2.74. The molecule has 2 aromatic rings. The topological polar surface area (TPSA) is 90.5 Å². The third-order valence-electron chi connectivity index (χ3n) is 3.97. The molecule has 0 radical (unpaired) electrons. The second-order valence-electron chi connectivity index (χ2n) is 5.75. The number of hydrazine groups is 1. The zero-order valence-corrected chi connectivity index (χ0v) is 14.8. The zero-order valence-electron chi connectivity index (χ0n) is 13.3. The van der Waals surface area contributed by atoms with Gasteiger partial charge in [-0.3, -0.25) is 15.0 Å². The van der Waals surface area contributed by atoms with Gasteiger partial charge in [-0.2, -0.15) is 0 Å². The number of amides is 2. The number of rotatable bonds is 5. The molecule has 1 aliphatic rings. The molecule has 0 saturated carbocycles. The highest BCUT2D eigenvalue weighted by Gasteiger charge is 2.34. The van der Waals surface area contributed by atoms with Crippen molar-refractivity contribution in [1.82, 2.24) is 10.9 Å². The number of phenolic OH excluding ortho intramolecular Hbond substituents is 1. The molecule has 1 atom stereocenters. The largest absolute Gasteiger partial charge is 0.505 e. The number of phenols is 1. The van der Waals surface area contributed by atoms with E-state index in [4.69, 9.17) is 28.3 Å². The van der Waals surface area contributed by atoms with Gasteiger partial charge in [-0.25, -0.2) is 9.82 Å². The summed E-state index contributed by atoms with van der Waals surface area (Å²) in [6.07, 6.45) is -0.0930. The smallest absolute Gasteiger partial charge is 0.238 e. The number of hydrogen-bond acceptors (Lipinski definition) is 4. The summed E-state index contributed by atoms with van der Waals surface area (Å²) in [5.74, 6) is -2.59. The zero-order chi connectivity index (χ0) is 18.8. The van der Waals surface area contributed by atoms with E-state index in [0.717, 1.165) is 6.07 Å². The Morgan fingerprint density at radius 2 is 1.96 bits per heavy atom. The molecule has 0 aromatic heterocycles. The summed E-state index contributed by atoms with van der Waals surface area (Å²) in [7, 11) is 0. The van der Waals surface area contributed by atoms with Crippen LogP contribution in [0.15, 0.2) is 30.3 Å². The summed E-state index contributed by atoms with van der Waals surface area (Å²) in [4.78, 5) is 24.0. The number of halogens is 3. The minimum absolute atomic E-state index is 0.0930. The average molecular weight is 398 g/mol. The van der Waals surface area contributed by atoms with E-state index < -0.39 is 23.4 Å². The summed E-state index contributed by atoms with van der Waals surface area (Å²) in [5.41, 5.74) is 6.58. The normalized spacial score (nSPS) is 15.5. The lowest BCUT2D eigenvalue weighted by molar-refractivity contribution is -0.122. The highest BCUT2D eigenvalue weighted by Crippen LogP contribution is 2.41. The molecule has 0 saturated heterocycles. The molecule has 26 heavy (non-hydrogen) atoms. The number of benzene rings is 2. The van der Waals surface area contributed by atoms with Crippen LogP contribution in [-0.2, 0) is 16.0 Å². The van der Waals surface area contributed by atoms with E-state index in [0.29, 0.717) is 26.9 Å². The van der Waals surface area contributed by atoms with Crippen LogP contribution < -0.4 is 16.2 Å². The van der Waals surface area contributed by atoms with Crippen molar-refractivity contribution in [2.24, 2.45) is 0 Å². The van der Waals surface area contributed by atoms with Gasteiger partial charge in [0.25, 0.3) is 0 Å². The fraction of sp³-hybridized carbons (Fsp3) is 0.176. The van der Waals surface area contributed by atoms with Crippen LogP contribution in [0.3, 0.4) is 0 Å². The van der Waals surface area contributed by atoms with Gasteiger partial charge in [-0.05, 0) is 29.8 Å². The number of carbonyl (C=O) groups excluding carboxylic acids is 2. The molecule has 6 nitrogen and oxygen atoms in total. The van der Waals surface area contributed by atoms with Crippen LogP contribution in [0, 0.1) is 5.82 Å². The van der Waals surface area contributed by atoms with Crippen LogP contribution in [0.5, 0.6) is 5.75 Å². The molecule has 0 fully saturated rings. The summed E-state index contributed by atoms with van der Waals surface area (Å²) < 4.78 is 13.3. The van der Waals surface area contributed by atoms with Crippen molar-refractivity contribution in [2.75, 3.05) is 11.9 Å². The standard InChI is InChI=1S/C17H14Cl2FN3O3/c18-10-2-3-11(19)16-15(10)9(17(26)22-16)7-21-23-14(25)6-8-1-4-13(24)12(20)5-8/h1-5,9,21,24H,6-7H2,(H,22,26)(H,23,25). The SMILES string of the molecule is O=C(Cc1ccc(O)c(F)c1)NNCC1C(=O)Nc2c(Cl)ccc(Cl)c21. The molecule has 1 heterocycles. The molecular weight excluding hydrogens is 384 g/mol. The first-order valence-electron chi connectivity index (χ1n) is 7.64. The minimum Gasteiger partial charge on any atom is -0.505 e. The first-order valence-corrected chi connectivity index (χ1v) is 8.40. The van der Waals surface area contributed by atoms with Gasteiger partial charge in [0.2, 0.25) is 11.8 Å². The highest BCUT2D eigenvalue weighted by atomic mass is 35.5. The van der Waals surface area contributed by atoms with Crippen LogP contribution in [-0.4, -0.2) is 23.5 Å². The van der Waals surface area contributed by atoms with Crippen LogP contribution in [0.4, 0.5) is 10.1 Å². The molecule has 1 aliphatic heterocycles. The van der Waals surface area contributed by atoms with Gasteiger partial charge in [0.15, 0.2) is 11.6 Å². The van der Waals surface area contributed by atoms with Crippen molar-refractivity contribution in [3.05, 3.63) is 57.3 Å². The maximum atomic E-state index is 13.3. The van der Waals surface area contributed by atoms with E-state index in [9.17, 15) is 14.0 Å². The fourth-order valence-corrected chi connectivity index (χ4v) is 3.21. The Hall–Kier alpha value is -2.35. The number of nitrogens with one attached hydrogen (secondary N) is 3. The molecule has 0 bridgehead atoms. The van der Waals surface area contributed by atoms with Crippen molar-refractivity contribution in [3.63, 3.8) is 0 Å². The molecule has 9 heteroatoms. The monoisotopic (exact) mass is 397 g/mol. The summed E-state index contributed by atoms with van der Waals surface area (Å²) >= 11 is 12.2. The minimum atomic E-state index is -0.797. The maximum Gasteiger partial charge on any atom is 0.238 e. The second kappa shape index (κ2) is 7.49. The number of anilines is 1. The van der Waals surface area contributed by atoms with Crippen LogP contribution in [0.1, 0.15) is 17.0 Å². The van der Waals surface area contributed by atoms with E-state index in [1.165, 1.54) is 12.1 Å². The number of fused-ring (bicyclic) bond motifs is 1. The first-order chi connectivity index (χ1) is 12.4. The van der Waals surface area contributed by atoms with Crippen molar-refractivity contribution < 1.29 is 19.1 Å². The molecule has 0 aliphatic carbocycles. The Labute approximate surface area is 158 Å². The van der Waals surface area contributed by atoms with Gasteiger partial charge in [0, 0.05) is 17.1 Å². The Balaban J connectivity index is 1.59. The summed E-state index contributed by atoms with van der Waals surface area (Å²) in [5, 5.41) is 12.6. The van der Waals surface area contributed by atoms with Gasteiger partial charge in [-0.1, -0.05) is 29.3 Å². The fourth-order valence-electron chi connectivity index (χ4n) is 2.71. The van der Waals surface area contributed by atoms with E-state index in [2.05, 4.69) is 16.2 Å². The van der Waals surface area contributed by atoms with Gasteiger partial charge < -0.3 is 10.4 Å². The van der Waals surface area contributed by atoms with Crippen molar-refractivity contribution in [1.29, 1.82) is 0 Å². The third-order valence-corrected chi connectivity index (χ3v) is 4.61. The first kappa shape index (κ1) is 18.4. The molecule has 1 unspecified atom stereocenters. The van der Waals surface area contributed by atoms with Gasteiger partial charge in [0.05, 0.1) is 23.0 Å². The third kappa shape index (κ3) is 3.75. The number of hydrogen-bond donors (Lipinski definition) is 4.